The summed E-state index contributed by atoms with van der Waals surface area (Å²) < 4.78 is 5.20. The van der Waals surface area contributed by atoms with E-state index in [9.17, 15) is 14.4 Å². The van der Waals surface area contributed by atoms with Crippen LogP contribution in [0.2, 0.25) is 0 Å². The van der Waals surface area contributed by atoms with Crippen LogP contribution in [0.3, 0.4) is 0 Å². The van der Waals surface area contributed by atoms with Crippen molar-refractivity contribution in [1.29, 1.82) is 0 Å². The number of carbonyl (C=O) groups excluding carboxylic acids is 3. The van der Waals surface area contributed by atoms with Gasteiger partial charge in [-0.3, -0.25) is 14.4 Å². The zero-order valence-corrected chi connectivity index (χ0v) is 18.0. The number of nitrogens with one attached hydrogen (secondary N) is 1. The van der Waals surface area contributed by atoms with Gasteiger partial charge in [-0.15, -0.1) is 0 Å². The largest absolute Gasteiger partial charge is 0.455 e. The Labute approximate surface area is 177 Å². The molecule has 3 rings (SSSR count). The van der Waals surface area contributed by atoms with Gasteiger partial charge in [0.15, 0.2) is 6.61 Å². The zero-order valence-electron chi connectivity index (χ0n) is 18.0. The van der Waals surface area contributed by atoms with Crippen molar-refractivity contribution in [1.82, 2.24) is 4.90 Å². The fourth-order valence-electron chi connectivity index (χ4n) is 3.80. The van der Waals surface area contributed by atoms with E-state index in [0.29, 0.717) is 13.1 Å². The minimum Gasteiger partial charge on any atom is -0.455 e. The van der Waals surface area contributed by atoms with Gasteiger partial charge in [-0.2, -0.15) is 0 Å². The first-order valence-electron chi connectivity index (χ1n) is 10.1. The summed E-state index contributed by atoms with van der Waals surface area (Å²) in [6.45, 7) is 8.27. The Bertz CT molecular complexity index is 943. The maximum absolute atomic E-state index is 12.4. The number of amides is 2. The first-order valence-corrected chi connectivity index (χ1v) is 10.1. The lowest BCUT2D eigenvalue weighted by Crippen LogP contribution is -2.28. The van der Waals surface area contributed by atoms with Crippen molar-refractivity contribution in [3.8, 4) is 0 Å². The van der Waals surface area contributed by atoms with E-state index in [2.05, 4.69) is 5.32 Å². The standard InChI is InChI=1S/C24H28N2O4/c1-15-5-7-19(8-6-15)12-26-13-20(11-22(26)28)24(29)30-14-21(27)25-23-17(3)9-16(2)10-18(23)4/h5-10,20H,11-14H2,1-4H3,(H,25,27)/t20-/m0/s1. The summed E-state index contributed by atoms with van der Waals surface area (Å²) in [7, 11) is 0. The molecule has 2 aromatic carbocycles. The van der Waals surface area contributed by atoms with Crippen molar-refractivity contribution in [2.45, 2.75) is 40.7 Å². The molecule has 1 aliphatic heterocycles. The van der Waals surface area contributed by atoms with Crippen molar-refractivity contribution in [2.75, 3.05) is 18.5 Å². The summed E-state index contributed by atoms with van der Waals surface area (Å²) in [4.78, 5) is 38.6. The minimum absolute atomic E-state index is 0.0760. The van der Waals surface area contributed by atoms with Crippen LogP contribution in [0.1, 0.15) is 34.2 Å². The van der Waals surface area contributed by atoms with Gasteiger partial charge in [-0.1, -0.05) is 47.5 Å². The number of esters is 1. The molecule has 0 aliphatic carbocycles. The van der Waals surface area contributed by atoms with E-state index in [1.807, 2.05) is 64.1 Å². The maximum Gasteiger partial charge on any atom is 0.311 e. The summed E-state index contributed by atoms with van der Waals surface area (Å²) in [5, 5.41) is 2.81. The number of benzene rings is 2. The second-order valence-corrected chi connectivity index (χ2v) is 8.09. The first kappa shape index (κ1) is 21.6. The molecule has 1 atom stereocenters. The molecule has 6 nitrogen and oxygen atoms in total. The van der Waals surface area contributed by atoms with Gasteiger partial charge >= 0.3 is 5.97 Å². The molecule has 30 heavy (non-hydrogen) atoms. The molecular formula is C24H28N2O4. The van der Waals surface area contributed by atoms with Crippen molar-refractivity contribution in [3.05, 3.63) is 64.2 Å². The predicted molar refractivity (Wildman–Crippen MR) is 115 cm³/mol. The van der Waals surface area contributed by atoms with Gasteiger partial charge in [0, 0.05) is 25.2 Å². The van der Waals surface area contributed by atoms with Gasteiger partial charge < -0.3 is 15.0 Å². The Morgan fingerprint density at radius 3 is 2.30 bits per heavy atom. The smallest absolute Gasteiger partial charge is 0.311 e. The predicted octanol–water partition coefficient (Wildman–Crippen LogP) is 3.45. The minimum atomic E-state index is -0.543. The molecule has 6 heteroatoms. The van der Waals surface area contributed by atoms with Gasteiger partial charge in [0.2, 0.25) is 5.91 Å². The van der Waals surface area contributed by atoms with E-state index in [0.717, 1.165) is 33.5 Å². The molecule has 158 valence electrons. The quantitative estimate of drug-likeness (QED) is 0.743. The highest BCUT2D eigenvalue weighted by Crippen LogP contribution is 2.23. The van der Waals surface area contributed by atoms with Gasteiger partial charge in [-0.05, 0) is 44.4 Å². The molecule has 2 amide bonds. The fraction of sp³-hybridized carbons (Fsp3) is 0.375. The van der Waals surface area contributed by atoms with Crippen molar-refractivity contribution in [3.63, 3.8) is 0 Å². The van der Waals surface area contributed by atoms with E-state index in [-0.39, 0.29) is 24.8 Å². The van der Waals surface area contributed by atoms with Gasteiger partial charge in [-0.25, -0.2) is 0 Å². The van der Waals surface area contributed by atoms with Crippen molar-refractivity contribution < 1.29 is 19.1 Å². The molecule has 1 fully saturated rings. The average Bonchev–Trinajstić information content (AvgIpc) is 3.05. The van der Waals surface area contributed by atoms with Crippen LogP contribution in [0.5, 0.6) is 0 Å². The Balaban J connectivity index is 1.51. The van der Waals surface area contributed by atoms with E-state index < -0.39 is 11.9 Å². The molecule has 0 radical (unpaired) electrons. The number of likely N-dealkylation sites (tertiary alicyclic amines) is 1. The lowest BCUT2D eigenvalue weighted by Gasteiger charge is -2.17. The molecule has 1 aliphatic rings. The highest BCUT2D eigenvalue weighted by atomic mass is 16.5. The fourth-order valence-corrected chi connectivity index (χ4v) is 3.80. The highest BCUT2D eigenvalue weighted by Gasteiger charge is 2.35. The topological polar surface area (TPSA) is 75.7 Å². The SMILES string of the molecule is Cc1ccc(CN2C[C@@H](C(=O)OCC(=O)Nc3c(C)cc(C)cc3C)CC2=O)cc1. The Hall–Kier alpha value is -3.15. The Kier molecular flexibility index (Phi) is 6.55. The number of hydrogen-bond donors (Lipinski definition) is 1. The summed E-state index contributed by atoms with van der Waals surface area (Å²) in [5.41, 5.74) is 5.95. The molecule has 0 aromatic heterocycles. The monoisotopic (exact) mass is 408 g/mol. The zero-order chi connectivity index (χ0) is 21.8. The van der Waals surface area contributed by atoms with Crippen LogP contribution in [0, 0.1) is 33.6 Å². The number of rotatable bonds is 6. The second kappa shape index (κ2) is 9.11. The van der Waals surface area contributed by atoms with Crippen LogP contribution in [0.4, 0.5) is 5.69 Å². The number of ether oxygens (including phenoxy) is 1. The molecule has 0 saturated carbocycles. The van der Waals surface area contributed by atoms with E-state index in [1.54, 1.807) is 4.90 Å². The van der Waals surface area contributed by atoms with Crippen LogP contribution in [0.15, 0.2) is 36.4 Å². The number of anilines is 1. The lowest BCUT2D eigenvalue weighted by atomic mass is 10.1. The normalized spacial score (nSPS) is 15.9. The Morgan fingerprint density at radius 1 is 1.03 bits per heavy atom. The van der Waals surface area contributed by atoms with E-state index in [4.69, 9.17) is 4.74 Å². The molecule has 2 aromatic rings. The third-order valence-electron chi connectivity index (χ3n) is 5.33. The number of hydrogen-bond acceptors (Lipinski definition) is 4. The van der Waals surface area contributed by atoms with Gasteiger partial charge in [0.05, 0.1) is 5.92 Å². The number of aryl methyl sites for hydroxylation is 4. The lowest BCUT2D eigenvalue weighted by molar-refractivity contribution is -0.151. The summed E-state index contributed by atoms with van der Waals surface area (Å²) in [6.07, 6.45) is 0.114. The van der Waals surface area contributed by atoms with Gasteiger partial charge in [0.1, 0.15) is 0 Å². The molecule has 0 spiro atoms. The molecule has 0 bridgehead atoms. The second-order valence-electron chi connectivity index (χ2n) is 8.09. The van der Waals surface area contributed by atoms with Crippen molar-refractivity contribution in [2.24, 2.45) is 5.92 Å². The molecule has 1 saturated heterocycles. The third kappa shape index (κ3) is 5.26. The Morgan fingerprint density at radius 2 is 1.67 bits per heavy atom. The van der Waals surface area contributed by atoms with E-state index in [1.165, 1.54) is 0 Å². The molecule has 1 N–H and O–H groups in total. The molecule has 1 heterocycles. The highest BCUT2D eigenvalue weighted by molar-refractivity contribution is 5.95. The average molecular weight is 408 g/mol. The van der Waals surface area contributed by atoms with Crippen molar-refractivity contribution >= 4 is 23.5 Å². The number of carbonyl (C=O) groups is 3. The van der Waals surface area contributed by atoms with Crippen LogP contribution in [-0.4, -0.2) is 35.8 Å². The van der Waals surface area contributed by atoms with Crippen LogP contribution >= 0.6 is 0 Å². The third-order valence-corrected chi connectivity index (χ3v) is 5.33. The first-order chi connectivity index (χ1) is 14.2. The van der Waals surface area contributed by atoms with Crippen LogP contribution in [0.25, 0.3) is 0 Å². The summed E-state index contributed by atoms with van der Waals surface area (Å²) >= 11 is 0. The molecular weight excluding hydrogens is 380 g/mol. The van der Waals surface area contributed by atoms with E-state index >= 15 is 0 Å². The number of nitrogens with zero attached hydrogens (tertiary/aromatic N) is 1. The van der Waals surface area contributed by atoms with Crippen LogP contribution < -0.4 is 5.32 Å². The summed E-state index contributed by atoms with van der Waals surface area (Å²) in [5.74, 6) is -1.52. The van der Waals surface area contributed by atoms with Gasteiger partial charge in [0.25, 0.3) is 5.91 Å². The maximum atomic E-state index is 12.4. The van der Waals surface area contributed by atoms with Crippen LogP contribution in [-0.2, 0) is 25.7 Å². The molecule has 0 unspecified atom stereocenters. The summed E-state index contributed by atoms with van der Waals surface area (Å²) in [6, 6.07) is 11.9.